The first-order valence-corrected chi connectivity index (χ1v) is 10.8. The number of piperazine rings is 1. The van der Waals surface area contributed by atoms with E-state index < -0.39 is 0 Å². The molecule has 27 heavy (non-hydrogen) atoms. The topological polar surface area (TPSA) is 26.8 Å². The fourth-order valence-corrected chi connectivity index (χ4v) is 4.61. The van der Waals surface area contributed by atoms with Crippen LogP contribution in [0.3, 0.4) is 0 Å². The van der Waals surface area contributed by atoms with Crippen LogP contribution in [0.1, 0.15) is 33.1 Å². The smallest absolute Gasteiger partial charge is 0.219 e. The van der Waals surface area contributed by atoms with Crippen LogP contribution in [-0.4, -0.2) is 61.5 Å². The highest BCUT2D eigenvalue weighted by Gasteiger charge is 2.18. The molecule has 2 aromatic rings. The van der Waals surface area contributed by atoms with E-state index in [1.165, 1.54) is 22.2 Å². The number of rotatable bonds is 8. The lowest BCUT2D eigenvalue weighted by Gasteiger charge is -2.36. The second-order valence-corrected chi connectivity index (χ2v) is 8.10. The number of carbonyl (C=O) groups is 1. The minimum Gasteiger partial charge on any atom is -0.368 e. The number of hydrogen-bond donors (Lipinski definition) is 0. The van der Waals surface area contributed by atoms with Crippen molar-refractivity contribution in [2.45, 2.75) is 33.1 Å². The van der Waals surface area contributed by atoms with Crippen molar-refractivity contribution in [3.63, 3.8) is 0 Å². The van der Waals surface area contributed by atoms with Crippen LogP contribution in [0, 0.1) is 0 Å². The fraction of sp³-hybridized carbons (Fsp3) is 0.571. The van der Waals surface area contributed by atoms with Gasteiger partial charge in [0.25, 0.3) is 0 Å². The van der Waals surface area contributed by atoms with Gasteiger partial charge in [0.2, 0.25) is 5.91 Å². The summed E-state index contributed by atoms with van der Waals surface area (Å²) in [6, 6.07) is 8.90. The highest BCUT2D eigenvalue weighted by atomic mass is 35.5. The molecule has 3 rings (SSSR count). The molecule has 2 heterocycles. The molecule has 4 nitrogen and oxygen atoms in total. The molecule has 0 unspecified atom stereocenters. The molecule has 0 atom stereocenters. The summed E-state index contributed by atoms with van der Waals surface area (Å²) < 4.78 is 1.38. The molecule has 0 saturated carbocycles. The Hall–Kier alpha value is -1.30. The molecule has 1 saturated heterocycles. The third-order valence-electron chi connectivity index (χ3n) is 5.28. The Morgan fingerprint density at radius 1 is 1.11 bits per heavy atom. The molecule has 6 heteroatoms. The first-order valence-electron chi connectivity index (χ1n) is 9.88. The zero-order chi connectivity index (χ0) is 18.4. The van der Waals surface area contributed by atoms with Crippen molar-refractivity contribution in [3.05, 3.63) is 29.6 Å². The predicted molar refractivity (Wildman–Crippen MR) is 120 cm³/mol. The SMILES string of the molecule is CCCN(CCCCN1CCN(c2cccc3sccc23)CC1)C(C)=O.Cl. The molecule has 0 bridgehead atoms. The minimum atomic E-state index is 0. The Morgan fingerprint density at radius 3 is 2.59 bits per heavy atom. The number of carbonyl (C=O) groups excluding carboxylic acids is 1. The van der Waals surface area contributed by atoms with Gasteiger partial charge in [-0.1, -0.05) is 13.0 Å². The molecule has 0 radical (unpaired) electrons. The summed E-state index contributed by atoms with van der Waals surface area (Å²) >= 11 is 1.82. The zero-order valence-corrected chi connectivity index (χ0v) is 18.2. The molecule has 1 amide bonds. The molecule has 1 aliphatic rings. The third-order valence-corrected chi connectivity index (χ3v) is 6.16. The molecule has 0 N–H and O–H groups in total. The lowest BCUT2D eigenvalue weighted by atomic mass is 10.1. The average molecular weight is 410 g/mol. The number of benzene rings is 1. The highest BCUT2D eigenvalue weighted by Crippen LogP contribution is 2.31. The van der Waals surface area contributed by atoms with E-state index in [4.69, 9.17) is 0 Å². The molecule has 0 spiro atoms. The van der Waals surface area contributed by atoms with E-state index in [2.05, 4.69) is 46.4 Å². The van der Waals surface area contributed by atoms with Gasteiger partial charge in [0.05, 0.1) is 0 Å². The zero-order valence-electron chi connectivity index (χ0n) is 16.5. The standard InChI is InChI=1S/C21H31N3OS.ClH/c1-3-10-23(18(2)25)12-5-4-11-22-13-15-24(16-14-22)20-7-6-8-21-19(20)9-17-26-21;/h6-9,17H,3-5,10-16H2,1-2H3;1H. The van der Waals surface area contributed by atoms with Crippen molar-refractivity contribution in [3.8, 4) is 0 Å². The Morgan fingerprint density at radius 2 is 1.89 bits per heavy atom. The number of nitrogens with zero attached hydrogens (tertiary/aromatic N) is 3. The van der Waals surface area contributed by atoms with Gasteiger partial charge in [0, 0.05) is 62.0 Å². The van der Waals surface area contributed by atoms with Gasteiger partial charge in [-0.15, -0.1) is 23.7 Å². The maximum Gasteiger partial charge on any atom is 0.219 e. The van der Waals surface area contributed by atoms with Crippen molar-refractivity contribution in [2.75, 3.05) is 50.7 Å². The maximum atomic E-state index is 11.6. The van der Waals surface area contributed by atoms with Gasteiger partial charge in [0.15, 0.2) is 0 Å². The van der Waals surface area contributed by atoms with Crippen molar-refractivity contribution in [1.82, 2.24) is 9.80 Å². The van der Waals surface area contributed by atoms with E-state index >= 15 is 0 Å². The van der Waals surface area contributed by atoms with Crippen molar-refractivity contribution >= 4 is 45.4 Å². The van der Waals surface area contributed by atoms with Crippen LogP contribution >= 0.6 is 23.7 Å². The van der Waals surface area contributed by atoms with Gasteiger partial charge in [-0.05, 0) is 49.4 Å². The largest absolute Gasteiger partial charge is 0.368 e. The molecule has 1 aromatic heterocycles. The van der Waals surface area contributed by atoms with Gasteiger partial charge >= 0.3 is 0 Å². The Kier molecular flexibility index (Phi) is 8.87. The number of unbranched alkanes of at least 4 members (excludes halogenated alkanes) is 1. The van der Waals surface area contributed by atoms with Crippen molar-refractivity contribution < 1.29 is 4.79 Å². The summed E-state index contributed by atoms with van der Waals surface area (Å²) in [5.74, 6) is 0.211. The molecule has 1 fully saturated rings. The molecular weight excluding hydrogens is 378 g/mol. The summed E-state index contributed by atoms with van der Waals surface area (Å²) in [6.45, 7) is 11.2. The summed E-state index contributed by atoms with van der Waals surface area (Å²) in [5, 5.41) is 3.58. The number of hydrogen-bond acceptors (Lipinski definition) is 4. The van der Waals surface area contributed by atoms with Crippen LogP contribution in [0.2, 0.25) is 0 Å². The number of amides is 1. The molecule has 150 valence electrons. The van der Waals surface area contributed by atoms with Crippen molar-refractivity contribution in [2.24, 2.45) is 0 Å². The van der Waals surface area contributed by atoms with Crippen LogP contribution in [0.15, 0.2) is 29.6 Å². The van der Waals surface area contributed by atoms with Crippen LogP contribution in [0.25, 0.3) is 10.1 Å². The van der Waals surface area contributed by atoms with Gasteiger partial charge in [-0.2, -0.15) is 0 Å². The van der Waals surface area contributed by atoms with Gasteiger partial charge < -0.3 is 9.80 Å². The molecule has 1 aromatic carbocycles. The minimum absolute atomic E-state index is 0. The number of anilines is 1. The van der Waals surface area contributed by atoms with Crippen LogP contribution < -0.4 is 4.90 Å². The van der Waals surface area contributed by atoms with E-state index in [-0.39, 0.29) is 18.3 Å². The Balaban J connectivity index is 0.00000261. The van der Waals surface area contributed by atoms with Crippen LogP contribution in [0.4, 0.5) is 5.69 Å². The first kappa shape index (κ1) is 22.0. The summed E-state index contributed by atoms with van der Waals surface area (Å²) in [7, 11) is 0. The van der Waals surface area contributed by atoms with Crippen LogP contribution in [0.5, 0.6) is 0 Å². The second kappa shape index (κ2) is 10.9. The van der Waals surface area contributed by atoms with Crippen LogP contribution in [-0.2, 0) is 4.79 Å². The van der Waals surface area contributed by atoms with E-state index in [9.17, 15) is 4.79 Å². The predicted octanol–water partition coefficient (Wildman–Crippen LogP) is 4.48. The second-order valence-electron chi connectivity index (χ2n) is 7.15. The number of thiophene rings is 1. The first-order chi connectivity index (χ1) is 12.7. The summed E-state index contributed by atoms with van der Waals surface area (Å²) in [4.78, 5) is 18.7. The monoisotopic (exact) mass is 409 g/mol. The summed E-state index contributed by atoms with van der Waals surface area (Å²) in [5.41, 5.74) is 1.39. The third kappa shape index (κ3) is 5.84. The number of fused-ring (bicyclic) bond motifs is 1. The highest BCUT2D eigenvalue weighted by molar-refractivity contribution is 7.17. The van der Waals surface area contributed by atoms with Gasteiger partial charge in [-0.3, -0.25) is 9.69 Å². The van der Waals surface area contributed by atoms with E-state index in [0.29, 0.717) is 0 Å². The van der Waals surface area contributed by atoms with E-state index in [1.807, 2.05) is 16.2 Å². The fourth-order valence-electron chi connectivity index (χ4n) is 3.80. The van der Waals surface area contributed by atoms with Gasteiger partial charge in [-0.25, -0.2) is 0 Å². The Labute approximate surface area is 173 Å². The molecular formula is C21H32ClN3OS. The van der Waals surface area contributed by atoms with E-state index in [1.54, 1.807) is 6.92 Å². The lowest BCUT2D eigenvalue weighted by Crippen LogP contribution is -2.46. The van der Waals surface area contributed by atoms with E-state index in [0.717, 1.165) is 58.7 Å². The molecule has 1 aliphatic heterocycles. The maximum absolute atomic E-state index is 11.6. The average Bonchev–Trinajstić information content (AvgIpc) is 3.13. The normalized spacial score (nSPS) is 15.0. The molecule has 0 aliphatic carbocycles. The lowest BCUT2D eigenvalue weighted by molar-refractivity contribution is -0.128. The summed E-state index contributed by atoms with van der Waals surface area (Å²) in [6.07, 6.45) is 3.32. The van der Waals surface area contributed by atoms with Crippen molar-refractivity contribution in [1.29, 1.82) is 0 Å². The Bertz CT molecular complexity index is 712. The number of halogens is 1. The quantitative estimate of drug-likeness (QED) is 0.601. The van der Waals surface area contributed by atoms with Gasteiger partial charge in [0.1, 0.15) is 0 Å².